The molecule has 0 saturated carbocycles. The molecule has 1 unspecified atom stereocenters. The van der Waals surface area contributed by atoms with E-state index >= 15 is 0 Å². The van der Waals surface area contributed by atoms with E-state index in [1.54, 1.807) is 0 Å². The fourth-order valence-electron chi connectivity index (χ4n) is 4.26. The number of ether oxygens (including phenoxy) is 1. The molecule has 2 aliphatic rings. The maximum atomic E-state index is 13.2. The highest BCUT2D eigenvalue weighted by molar-refractivity contribution is 5.92. The Morgan fingerprint density at radius 1 is 1.00 bits per heavy atom. The molecule has 0 N–H and O–H groups in total. The van der Waals surface area contributed by atoms with Gasteiger partial charge >= 0.3 is 0 Å². The van der Waals surface area contributed by atoms with Gasteiger partial charge in [-0.15, -0.1) is 0 Å². The predicted octanol–water partition coefficient (Wildman–Crippen LogP) is 3.02. The number of fused-ring (bicyclic) bond motifs is 2. The van der Waals surface area contributed by atoms with E-state index in [1.807, 2.05) is 41.4 Å². The van der Waals surface area contributed by atoms with Crippen LogP contribution in [-0.2, 0) is 22.5 Å². The van der Waals surface area contributed by atoms with Gasteiger partial charge in [0.2, 0.25) is 0 Å². The van der Waals surface area contributed by atoms with Crippen LogP contribution in [0.15, 0.2) is 60.8 Å². The standard InChI is InChI=1S/C23H23N3O2/c27-23(26-12-10-17-5-1-2-6-18(17)15-26)22-16-25(13-14-28-22)21-9-11-24-20-8-4-3-7-19(20)21/h1-9,11,22H,10,12-16H2. The van der Waals surface area contributed by atoms with E-state index in [0.717, 1.165) is 36.1 Å². The van der Waals surface area contributed by atoms with Crippen LogP contribution in [0.5, 0.6) is 0 Å². The van der Waals surface area contributed by atoms with E-state index in [9.17, 15) is 4.79 Å². The monoisotopic (exact) mass is 373 g/mol. The fourth-order valence-corrected chi connectivity index (χ4v) is 4.26. The van der Waals surface area contributed by atoms with Crippen molar-refractivity contribution in [3.05, 3.63) is 71.9 Å². The van der Waals surface area contributed by atoms with Gasteiger partial charge in [0.25, 0.3) is 5.91 Å². The maximum Gasteiger partial charge on any atom is 0.253 e. The smallest absolute Gasteiger partial charge is 0.253 e. The number of anilines is 1. The van der Waals surface area contributed by atoms with Crippen molar-refractivity contribution in [3.8, 4) is 0 Å². The summed E-state index contributed by atoms with van der Waals surface area (Å²) < 4.78 is 5.90. The first kappa shape index (κ1) is 17.2. The molecule has 28 heavy (non-hydrogen) atoms. The molecule has 1 saturated heterocycles. The minimum Gasteiger partial charge on any atom is -0.365 e. The average Bonchev–Trinajstić information content (AvgIpc) is 2.78. The minimum atomic E-state index is -0.425. The number of pyridine rings is 1. The third-order valence-corrected chi connectivity index (χ3v) is 5.75. The van der Waals surface area contributed by atoms with Crippen LogP contribution in [0.3, 0.4) is 0 Å². The number of carbonyl (C=O) groups is 1. The van der Waals surface area contributed by atoms with Crippen molar-refractivity contribution in [1.29, 1.82) is 0 Å². The van der Waals surface area contributed by atoms with Crippen LogP contribution < -0.4 is 4.90 Å². The summed E-state index contributed by atoms with van der Waals surface area (Å²) in [6.45, 7) is 3.34. The average molecular weight is 373 g/mol. The first-order valence-corrected chi connectivity index (χ1v) is 9.85. The van der Waals surface area contributed by atoms with Gasteiger partial charge in [0, 0.05) is 36.9 Å². The number of nitrogens with zero attached hydrogens (tertiary/aromatic N) is 3. The van der Waals surface area contributed by atoms with Gasteiger partial charge in [0.05, 0.1) is 18.7 Å². The van der Waals surface area contributed by atoms with Gasteiger partial charge in [-0.2, -0.15) is 0 Å². The maximum absolute atomic E-state index is 13.2. The Bertz CT molecular complexity index is 1010. The lowest BCUT2D eigenvalue weighted by Gasteiger charge is -2.37. The Morgan fingerprint density at radius 2 is 1.82 bits per heavy atom. The largest absolute Gasteiger partial charge is 0.365 e. The molecule has 2 aliphatic heterocycles. The Balaban J connectivity index is 1.35. The molecular weight excluding hydrogens is 350 g/mol. The number of hydrogen-bond acceptors (Lipinski definition) is 4. The van der Waals surface area contributed by atoms with Crippen LogP contribution in [-0.4, -0.2) is 48.1 Å². The van der Waals surface area contributed by atoms with Crippen molar-refractivity contribution in [2.24, 2.45) is 0 Å². The zero-order valence-corrected chi connectivity index (χ0v) is 15.8. The van der Waals surface area contributed by atoms with Gasteiger partial charge < -0.3 is 14.5 Å². The summed E-state index contributed by atoms with van der Waals surface area (Å²) in [7, 11) is 0. The van der Waals surface area contributed by atoms with Gasteiger partial charge in [-0.05, 0) is 29.7 Å². The molecule has 1 fully saturated rings. The fraction of sp³-hybridized carbons (Fsp3) is 0.304. The number of carbonyl (C=O) groups excluding carboxylic acids is 1. The first-order valence-electron chi connectivity index (χ1n) is 9.85. The van der Waals surface area contributed by atoms with Gasteiger partial charge in [0.1, 0.15) is 0 Å². The zero-order chi connectivity index (χ0) is 18.9. The summed E-state index contributed by atoms with van der Waals surface area (Å²) in [5.41, 5.74) is 4.69. The van der Waals surface area contributed by atoms with Crippen LogP contribution in [0.25, 0.3) is 10.9 Å². The van der Waals surface area contributed by atoms with Crippen LogP contribution >= 0.6 is 0 Å². The molecule has 1 amide bonds. The summed E-state index contributed by atoms with van der Waals surface area (Å²) >= 11 is 0. The van der Waals surface area contributed by atoms with Crippen LogP contribution in [0, 0.1) is 0 Å². The molecule has 0 bridgehead atoms. The Labute approximate surface area is 164 Å². The zero-order valence-electron chi connectivity index (χ0n) is 15.8. The van der Waals surface area contributed by atoms with Crippen molar-refractivity contribution in [3.63, 3.8) is 0 Å². The topological polar surface area (TPSA) is 45.7 Å². The summed E-state index contributed by atoms with van der Waals surface area (Å²) in [6, 6.07) is 18.6. The normalized spacial score (nSPS) is 19.5. The summed E-state index contributed by atoms with van der Waals surface area (Å²) in [6.07, 6.45) is 2.32. The van der Waals surface area contributed by atoms with Crippen molar-refractivity contribution in [1.82, 2.24) is 9.88 Å². The van der Waals surface area contributed by atoms with Gasteiger partial charge in [-0.3, -0.25) is 9.78 Å². The van der Waals surface area contributed by atoms with Gasteiger partial charge in [-0.1, -0.05) is 42.5 Å². The van der Waals surface area contributed by atoms with Crippen molar-refractivity contribution in [2.75, 3.05) is 31.1 Å². The van der Waals surface area contributed by atoms with E-state index in [1.165, 1.54) is 11.1 Å². The summed E-state index contributed by atoms with van der Waals surface area (Å²) in [5.74, 6) is 0.0950. The molecule has 3 heterocycles. The quantitative estimate of drug-likeness (QED) is 0.693. The third-order valence-electron chi connectivity index (χ3n) is 5.75. The van der Waals surface area contributed by atoms with Crippen molar-refractivity contribution >= 4 is 22.5 Å². The van der Waals surface area contributed by atoms with E-state index in [0.29, 0.717) is 19.7 Å². The highest BCUT2D eigenvalue weighted by Crippen LogP contribution is 2.27. The number of benzene rings is 2. The van der Waals surface area contributed by atoms with E-state index in [-0.39, 0.29) is 5.91 Å². The van der Waals surface area contributed by atoms with Gasteiger partial charge in [-0.25, -0.2) is 0 Å². The molecule has 5 rings (SSSR count). The number of amides is 1. The number of rotatable bonds is 2. The Kier molecular flexibility index (Phi) is 4.45. The van der Waals surface area contributed by atoms with Crippen LogP contribution in [0.2, 0.25) is 0 Å². The lowest BCUT2D eigenvalue weighted by molar-refractivity contribution is -0.145. The first-order chi connectivity index (χ1) is 13.8. The highest BCUT2D eigenvalue weighted by atomic mass is 16.5. The molecular formula is C23H23N3O2. The van der Waals surface area contributed by atoms with Crippen molar-refractivity contribution in [2.45, 2.75) is 19.1 Å². The summed E-state index contributed by atoms with van der Waals surface area (Å²) in [5, 5.41) is 1.12. The molecule has 0 spiro atoms. The lowest BCUT2D eigenvalue weighted by Crippen LogP contribution is -2.52. The number of morpholine rings is 1. The second-order valence-corrected chi connectivity index (χ2v) is 7.43. The second kappa shape index (κ2) is 7.24. The molecule has 1 atom stereocenters. The predicted molar refractivity (Wildman–Crippen MR) is 109 cm³/mol. The van der Waals surface area contributed by atoms with E-state index < -0.39 is 6.10 Å². The number of aromatic nitrogens is 1. The summed E-state index contributed by atoms with van der Waals surface area (Å²) in [4.78, 5) is 21.8. The molecule has 0 radical (unpaired) electrons. The van der Waals surface area contributed by atoms with Crippen LogP contribution in [0.1, 0.15) is 11.1 Å². The van der Waals surface area contributed by atoms with Crippen molar-refractivity contribution < 1.29 is 9.53 Å². The molecule has 5 nitrogen and oxygen atoms in total. The SMILES string of the molecule is O=C(C1CN(c2ccnc3ccccc23)CCO1)N1CCc2ccccc2C1. The minimum absolute atomic E-state index is 0.0950. The lowest BCUT2D eigenvalue weighted by atomic mass is 9.99. The Morgan fingerprint density at radius 3 is 2.75 bits per heavy atom. The second-order valence-electron chi connectivity index (χ2n) is 7.43. The van der Waals surface area contributed by atoms with Crippen LogP contribution in [0.4, 0.5) is 5.69 Å². The Hall–Kier alpha value is -2.92. The molecule has 1 aromatic heterocycles. The molecule has 0 aliphatic carbocycles. The third kappa shape index (κ3) is 3.12. The van der Waals surface area contributed by atoms with E-state index in [2.05, 4.69) is 34.1 Å². The molecule has 142 valence electrons. The highest BCUT2D eigenvalue weighted by Gasteiger charge is 2.32. The van der Waals surface area contributed by atoms with Gasteiger partial charge in [0.15, 0.2) is 6.10 Å². The molecule has 5 heteroatoms. The molecule has 2 aromatic carbocycles. The number of hydrogen-bond donors (Lipinski definition) is 0. The molecule has 3 aromatic rings. The van der Waals surface area contributed by atoms with E-state index in [4.69, 9.17) is 4.74 Å². The number of para-hydroxylation sites is 1.